The topological polar surface area (TPSA) is 123 Å². The molecule has 2 aromatic carbocycles. The van der Waals surface area contributed by atoms with Crippen LogP contribution in [0.25, 0.3) is 17.2 Å². The molecule has 7 rings (SSSR count). The average molecular weight is 742 g/mol. The Balaban J connectivity index is 1.23. The van der Waals surface area contributed by atoms with Crippen LogP contribution in [0, 0.1) is 0 Å². The Kier molecular flexibility index (Phi) is 9.01. The molecule has 12 nitrogen and oxygen atoms in total. The standard InChI is InChI=1S/C36H39ClF3N7O5/c1-5-27-29(44-12-14-45(15-13-44)33(50)52-34(2,3)4)31(49)47-32(42-30(43-47)21-6-7-22-19-51-20-23(22)16-21)46(27)18-28(48)41-26-9-8-24(17-25(26)37)35(10-11-35)36(38,39)40/h6-9,16-17H,5,10-15,18-20H2,1-4H3,(H,41,48). The third kappa shape index (κ3) is 6.60. The second-order valence-corrected chi connectivity index (χ2v) is 14.8. The number of nitrogens with zero attached hydrogens (tertiary/aromatic N) is 6. The van der Waals surface area contributed by atoms with Crippen molar-refractivity contribution in [1.82, 2.24) is 24.1 Å². The summed E-state index contributed by atoms with van der Waals surface area (Å²) in [6, 6.07) is 9.70. The predicted octanol–water partition coefficient (Wildman–Crippen LogP) is 6.09. The highest BCUT2D eigenvalue weighted by Crippen LogP contribution is 2.59. The highest BCUT2D eigenvalue weighted by Gasteiger charge is 2.64. The fourth-order valence-corrected chi connectivity index (χ4v) is 7.14. The van der Waals surface area contributed by atoms with Gasteiger partial charge in [-0.25, -0.2) is 4.79 Å². The molecule has 52 heavy (non-hydrogen) atoms. The molecule has 0 bridgehead atoms. The summed E-state index contributed by atoms with van der Waals surface area (Å²) >= 11 is 6.43. The van der Waals surface area contributed by atoms with Crippen molar-refractivity contribution in [3.05, 3.63) is 74.2 Å². The van der Waals surface area contributed by atoms with Crippen molar-refractivity contribution in [1.29, 1.82) is 0 Å². The summed E-state index contributed by atoms with van der Waals surface area (Å²) in [7, 11) is 0. The van der Waals surface area contributed by atoms with Gasteiger partial charge in [0.25, 0.3) is 5.56 Å². The number of aromatic nitrogens is 4. The second-order valence-electron chi connectivity index (χ2n) is 14.4. The van der Waals surface area contributed by atoms with Crippen molar-refractivity contribution in [3.63, 3.8) is 0 Å². The Hall–Kier alpha value is -4.63. The first-order valence-electron chi connectivity index (χ1n) is 17.2. The summed E-state index contributed by atoms with van der Waals surface area (Å²) < 4.78 is 55.2. The quantitative estimate of drug-likeness (QED) is 0.242. The van der Waals surface area contributed by atoms with Gasteiger partial charge in [0.05, 0.1) is 35.0 Å². The number of anilines is 2. The Bertz CT molecular complexity index is 2130. The maximum atomic E-state index is 14.3. The highest BCUT2D eigenvalue weighted by atomic mass is 35.5. The number of rotatable bonds is 7. The zero-order valence-corrected chi connectivity index (χ0v) is 30.0. The zero-order valence-electron chi connectivity index (χ0n) is 29.3. The molecule has 1 saturated heterocycles. The molecular formula is C36H39ClF3N7O5. The summed E-state index contributed by atoms with van der Waals surface area (Å²) in [6.45, 7) is 9.17. The van der Waals surface area contributed by atoms with Gasteiger partial charge in [0.1, 0.15) is 17.8 Å². The molecule has 276 valence electrons. The van der Waals surface area contributed by atoms with Gasteiger partial charge in [0.2, 0.25) is 11.7 Å². The van der Waals surface area contributed by atoms with Crippen LogP contribution in [0.4, 0.5) is 29.3 Å². The van der Waals surface area contributed by atoms with E-state index in [4.69, 9.17) is 26.1 Å². The number of amides is 2. The number of halogens is 4. The Morgan fingerprint density at radius 2 is 1.73 bits per heavy atom. The molecule has 2 aliphatic heterocycles. The molecule has 16 heteroatoms. The third-order valence-electron chi connectivity index (χ3n) is 9.78. The minimum atomic E-state index is -4.40. The lowest BCUT2D eigenvalue weighted by Gasteiger charge is -2.37. The van der Waals surface area contributed by atoms with Gasteiger partial charge in [-0.15, -0.1) is 5.10 Å². The van der Waals surface area contributed by atoms with Crippen LogP contribution < -0.4 is 15.8 Å². The first-order valence-corrected chi connectivity index (χ1v) is 17.6. The summed E-state index contributed by atoms with van der Waals surface area (Å²) in [6.07, 6.45) is -4.53. The van der Waals surface area contributed by atoms with Gasteiger partial charge >= 0.3 is 12.3 Å². The summed E-state index contributed by atoms with van der Waals surface area (Å²) in [5.41, 5.74) is 0.807. The second kappa shape index (κ2) is 13.1. The molecule has 1 saturated carbocycles. The molecule has 0 unspecified atom stereocenters. The summed E-state index contributed by atoms with van der Waals surface area (Å²) in [4.78, 5) is 49.0. The van der Waals surface area contributed by atoms with E-state index in [1.807, 2.05) is 30.0 Å². The van der Waals surface area contributed by atoms with Crippen LogP contribution in [-0.4, -0.2) is 74.0 Å². The van der Waals surface area contributed by atoms with Crippen molar-refractivity contribution in [2.45, 2.75) is 83.9 Å². The molecule has 4 heterocycles. The van der Waals surface area contributed by atoms with Crippen molar-refractivity contribution in [2.75, 3.05) is 36.4 Å². The van der Waals surface area contributed by atoms with Crippen LogP contribution in [0.15, 0.2) is 41.2 Å². The van der Waals surface area contributed by atoms with E-state index in [0.717, 1.165) is 11.1 Å². The van der Waals surface area contributed by atoms with Gasteiger partial charge in [-0.2, -0.15) is 22.7 Å². The molecular weight excluding hydrogens is 703 g/mol. The molecule has 1 aliphatic carbocycles. The van der Waals surface area contributed by atoms with Crippen molar-refractivity contribution in [3.8, 4) is 11.4 Å². The number of piperazine rings is 1. The Morgan fingerprint density at radius 3 is 2.37 bits per heavy atom. The number of fused-ring (bicyclic) bond motifs is 2. The minimum Gasteiger partial charge on any atom is -0.444 e. The fraction of sp³-hybridized carbons (Fsp3) is 0.472. The van der Waals surface area contributed by atoms with Crippen LogP contribution in [0.1, 0.15) is 62.9 Å². The maximum absolute atomic E-state index is 14.3. The molecule has 4 aromatic rings. The normalized spacial score (nSPS) is 17.0. The number of alkyl halides is 3. The molecule has 2 fully saturated rings. The van der Waals surface area contributed by atoms with Crippen LogP contribution in [-0.2, 0) is 45.9 Å². The lowest BCUT2D eigenvalue weighted by atomic mass is 9.95. The number of carbonyl (C=O) groups is 2. The Labute approximate surface area is 302 Å². The number of hydrogen-bond acceptors (Lipinski definition) is 8. The van der Waals surface area contributed by atoms with E-state index in [2.05, 4.69) is 10.4 Å². The van der Waals surface area contributed by atoms with Gasteiger partial charge in [-0.3, -0.25) is 9.59 Å². The summed E-state index contributed by atoms with van der Waals surface area (Å²) in [5.74, 6) is -0.110. The van der Waals surface area contributed by atoms with E-state index in [1.165, 1.54) is 22.7 Å². The molecule has 3 aliphatic rings. The monoisotopic (exact) mass is 741 g/mol. The smallest absolute Gasteiger partial charge is 0.410 e. The lowest BCUT2D eigenvalue weighted by molar-refractivity contribution is -0.160. The van der Waals surface area contributed by atoms with Crippen LogP contribution >= 0.6 is 11.6 Å². The Morgan fingerprint density at radius 1 is 1.02 bits per heavy atom. The lowest BCUT2D eigenvalue weighted by Crippen LogP contribution is -2.51. The fourth-order valence-electron chi connectivity index (χ4n) is 6.91. The average Bonchev–Trinajstić information content (AvgIpc) is 3.58. The predicted molar refractivity (Wildman–Crippen MR) is 188 cm³/mol. The van der Waals surface area contributed by atoms with E-state index in [1.54, 1.807) is 30.2 Å². The SMILES string of the molecule is CCc1c(N2CCN(C(=O)OC(C)(C)C)CC2)c(=O)n2nc(-c3ccc4c(c3)COC4)nc2n1CC(=O)Nc1ccc(C2(C(F)(F)F)CC2)cc1Cl. The zero-order chi connectivity index (χ0) is 37.2. The number of benzene rings is 2. The number of nitrogens with one attached hydrogen (secondary N) is 1. The molecule has 2 amide bonds. The first-order chi connectivity index (χ1) is 24.6. The van der Waals surface area contributed by atoms with Crippen LogP contribution in [0.3, 0.4) is 0 Å². The van der Waals surface area contributed by atoms with E-state index >= 15 is 0 Å². The van der Waals surface area contributed by atoms with E-state index in [0.29, 0.717) is 62.8 Å². The van der Waals surface area contributed by atoms with Gasteiger partial charge in [-0.05, 0) is 74.9 Å². The maximum Gasteiger partial charge on any atom is 0.410 e. The summed E-state index contributed by atoms with van der Waals surface area (Å²) in [5, 5.41) is 7.34. The minimum absolute atomic E-state index is 0.0152. The third-order valence-corrected chi connectivity index (χ3v) is 10.1. The van der Waals surface area contributed by atoms with Gasteiger partial charge in [-0.1, -0.05) is 36.7 Å². The first kappa shape index (κ1) is 35.8. The molecule has 0 atom stereocenters. The molecule has 1 N–H and O–H groups in total. The van der Waals surface area contributed by atoms with Gasteiger partial charge < -0.3 is 29.2 Å². The van der Waals surface area contributed by atoms with Crippen molar-refractivity contribution in [2.24, 2.45) is 0 Å². The van der Waals surface area contributed by atoms with Gasteiger partial charge in [0.15, 0.2) is 5.82 Å². The highest BCUT2D eigenvalue weighted by molar-refractivity contribution is 6.33. The van der Waals surface area contributed by atoms with Crippen molar-refractivity contribution < 1.29 is 32.2 Å². The van der Waals surface area contributed by atoms with Crippen molar-refractivity contribution >= 4 is 40.8 Å². The van der Waals surface area contributed by atoms with Crippen LogP contribution in [0.5, 0.6) is 0 Å². The molecule has 0 spiro atoms. The van der Waals surface area contributed by atoms with E-state index in [-0.39, 0.29) is 47.3 Å². The number of hydrogen-bond donors (Lipinski definition) is 1. The largest absolute Gasteiger partial charge is 0.444 e. The molecule has 0 radical (unpaired) electrons. The van der Waals surface area contributed by atoms with E-state index < -0.39 is 34.8 Å². The molecule has 2 aromatic heterocycles. The van der Waals surface area contributed by atoms with Crippen LogP contribution in [0.2, 0.25) is 5.02 Å². The number of ether oxygens (including phenoxy) is 2. The van der Waals surface area contributed by atoms with Gasteiger partial charge in [0, 0.05) is 31.7 Å². The number of carbonyl (C=O) groups excluding carboxylic acids is 2. The van der Waals surface area contributed by atoms with E-state index in [9.17, 15) is 27.6 Å².